The molecule has 0 aliphatic heterocycles. The Hall–Kier alpha value is -0.110. The molecule has 4 nitrogen and oxygen atoms in total. The average molecular weight is 345 g/mol. The molecular formula is C7H7Br2NO3S. The van der Waals surface area contributed by atoms with Gasteiger partial charge in [0.1, 0.15) is 4.90 Å². The summed E-state index contributed by atoms with van der Waals surface area (Å²) in [5, 5.41) is 5.02. The Morgan fingerprint density at radius 1 is 1.36 bits per heavy atom. The highest BCUT2D eigenvalue weighted by Crippen LogP contribution is 2.34. The van der Waals surface area contributed by atoms with Gasteiger partial charge in [0.05, 0.1) is 11.6 Å². The van der Waals surface area contributed by atoms with Crippen molar-refractivity contribution in [3.8, 4) is 5.75 Å². The smallest absolute Gasteiger partial charge is 0.241 e. The molecule has 0 fully saturated rings. The standard InChI is InChI=1S/C7H7Br2NO3S/c1-13-7-5(9)2-4(8)3-6(7)14(10,11)12/h2-3H,1H3,(H2,10,11,12). The van der Waals surface area contributed by atoms with Crippen molar-refractivity contribution in [3.63, 3.8) is 0 Å². The lowest BCUT2D eigenvalue weighted by Gasteiger charge is -2.08. The number of sulfonamides is 1. The van der Waals surface area contributed by atoms with Gasteiger partial charge in [0.15, 0.2) is 5.75 Å². The van der Waals surface area contributed by atoms with Gasteiger partial charge in [-0.3, -0.25) is 0 Å². The Labute approximate surface area is 98.7 Å². The molecule has 14 heavy (non-hydrogen) atoms. The molecule has 0 atom stereocenters. The van der Waals surface area contributed by atoms with E-state index in [9.17, 15) is 8.42 Å². The van der Waals surface area contributed by atoms with Crippen LogP contribution in [-0.2, 0) is 10.0 Å². The van der Waals surface area contributed by atoms with Gasteiger partial charge in [-0.1, -0.05) is 15.9 Å². The lowest BCUT2D eigenvalue weighted by Crippen LogP contribution is -2.13. The molecule has 2 N–H and O–H groups in total. The van der Waals surface area contributed by atoms with E-state index < -0.39 is 10.0 Å². The van der Waals surface area contributed by atoms with Gasteiger partial charge in [-0.2, -0.15) is 0 Å². The van der Waals surface area contributed by atoms with Crippen LogP contribution in [0.4, 0.5) is 0 Å². The topological polar surface area (TPSA) is 69.4 Å². The number of benzene rings is 1. The van der Waals surface area contributed by atoms with E-state index in [2.05, 4.69) is 31.9 Å². The van der Waals surface area contributed by atoms with E-state index in [1.807, 2.05) is 0 Å². The highest BCUT2D eigenvalue weighted by atomic mass is 79.9. The largest absolute Gasteiger partial charge is 0.494 e. The van der Waals surface area contributed by atoms with Crippen molar-refractivity contribution in [1.82, 2.24) is 0 Å². The molecule has 0 bridgehead atoms. The maximum absolute atomic E-state index is 11.2. The Morgan fingerprint density at radius 3 is 2.36 bits per heavy atom. The van der Waals surface area contributed by atoms with Gasteiger partial charge in [-0.25, -0.2) is 13.6 Å². The first kappa shape index (κ1) is 12.0. The predicted octanol–water partition coefficient (Wildman–Crippen LogP) is 1.87. The van der Waals surface area contributed by atoms with Crippen LogP contribution in [0.5, 0.6) is 5.75 Å². The zero-order valence-corrected chi connectivity index (χ0v) is 11.1. The number of halogens is 2. The molecular weight excluding hydrogens is 338 g/mol. The minimum Gasteiger partial charge on any atom is -0.494 e. The SMILES string of the molecule is COc1c(Br)cc(Br)cc1S(N)(=O)=O. The molecule has 0 amide bonds. The predicted molar refractivity (Wildman–Crippen MR) is 59.8 cm³/mol. The molecule has 7 heteroatoms. The van der Waals surface area contributed by atoms with Crippen LogP contribution in [0, 0.1) is 0 Å². The number of ether oxygens (including phenoxy) is 1. The zero-order chi connectivity index (χ0) is 10.9. The molecule has 1 aromatic rings. The summed E-state index contributed by atoms with van der Waals surface area (Å²) >= 11 is 6.34. The quantitative estimate of drug-likeness (QED) is 0.890. The third-order valence-electron chi connectivity index (χ3n) is 1.48. The summed E-state index contributed by atoms with van der Waals surface area (Å²) in [6.45, 7) is 0. The zero-order valence-electron chi connectivity index (χ0n) is 7.12. The molecule has 0 heterocycles. The molecule has 0 saturated carbocycles. The minimum atomic E-state index is -3.78. The highest BCUT2D eigenvalue weighted by Gasteiger charge is 2.18. The van der Waals surface area contributed by atoms with E-state index in [4.69, 9.17) is 9.88 Å². The van der Waals surface area contributed by atoms with Crippen LogP contribution in [-0.4, -0.2) is 15.5 Å². The maximum Gasteiger partial charge on any atom is 0.241 e. The van der Waals surface area contributed by atoms with Crippen molar-refractivity contribution in [2.45, 2.75) is 4.90 Å². The number of hydrogen-bond donors (Lipinski definition) is 1. The van der Waals surface area contributed by atoms with Crippen molar-refractivity contribution < 1.29 is 13.2 Å². The maximum atomic E-state index is 11.2. The van der Waals surface area contributed by atoms with Crippen LogP contribution >= 0.6 is 31.9 Å². The molecule has 0 spiro atoms. The van der Waals surface area contributed by atoms with E-state index in [0.29, 0.717) is 8.95 Å². The summed E-state index contributed by atoms with van der Waals surface area (Å²) in [5.74, 6) is 0.204. The lowest BCUT2D eigenvalue weighted by atomic mass is 10.3. The van der Waals surface area contributed by atoms with Gasteiger partial charge in [0.25, 0.3) is 0 Å². The molecule has 0 unspecified atom stereocenters. The van der Waals surface area contributed by atoms with Crippen LogP contribution in [0.2, 0.25) is 0 Å². The van der Waals surface area contributed by atoms with E-state index in [0.717, 1.165) is 0 Å². The number of hydrogen-bond acceptors (Lipinski definition) is 3. The molecule has 0 aromatic heterocycles. The summed E-state index contributed by atoms with van der Waals surface area (Å²) < 4.78 is 28.4. The molecule has 0 saturated heterocycles. The second kappa shape index (κ2) is 4.18. The third-order valence-corrected chi connectivity index (χ3v) is 3.45. The van der Waals surface area contributed by atoms with Crippen LogP contribution in [0.1, 0.15) is 0 Å². The van der Waals surface area contributed by atoms with Crippen molar-refractivity contribution in [1.29, 1.82) is 0 Å². The Bertz CT molecular complexity index is 458. The highest BCUT2D eigenvalue weighted by molar-refractivity contribution is 9.11. The second-order valence-corrected chi connectivity index (χ2v) is 5.76. The van der Waals surface area contributed by atoms with Crippen LogP contribution < -0.4 is 9.88 Å². The Balaban J connectivity index is 3.56. The van der Waals surface area contributed by atoms with Crippen molar-refractivity contribution in [2.75, 3.05) is 7.11 Å². The number of methoxy groups -OCH3 is 1. The van der Waals surface area contributed by atoms with E-state index in [1.165, 1.54) is 13.2 Å². The fourth-order valence-corrected chi connectivity index (χ4v) is 3.36. The fraction of sp³-hybridized carbons (Fsp3) is 0.143. The van der Waals surface area contributed by atoms with Gasteiger partial charge in [0, 0.05) is 4.47 Å². The second-order valence-electron chi connectivity index (χ2n) is 2.46. The molecule has 0 aliphatic carbocycles. The normalized spacial score (nSPS) is 11.4. The lowest BCUT2D eigenvalue weighted by molar-refractivity contribution is 0.400. The monoisotopic (exact) mass is 343 g/mol. The molecule has 78 valence electrons. The van der Waals surface area contributed by atoms with Gasteiger partial charge < -0.3 is 4.74 Å². The van der Waals surface area contributed by atoms with E-state index >= 15 is 0 Å². The third kappa shape index (κ3) is 2.47. The first-order valence-electron chi connectivity index (χ1n) is 3.42. The first-order valence-corrected chi connectivity index (χ1v) is 6.55. The van der Waals surface area contributed by atoms with Crippen molar-refractivity contribution in [2.24, 2.45) is 5.14 Å². The van der Waals surface area contributed by atoms with Crippen LogP contribution in [0.25, 0.3) is 0 Å². The summed E-state index contributed by atoms with van der Waals surface area (Å²) in [4.78, 5) is -0.0544. The minimum absolute atomic E-state index is 0.0544. The molecule has 0 radical (unpaired) electrons. The molecule has 1 rings (SSSR count). The summed E-state index contributed by atoms with van der Waals surface area (Å²) in [5.41, 5.74) is 0. The fourth-order valence-electron chi connectivity index (χ4n) is 0.946. The van der Waals surface area contributed by atoms with Crippen molar-refractivity contribution >= 4 is 41.9 Å². The summed E-state index contributed by atoms with van der Waals surface area (Å²) in [7, 11) is -2.40. The number of primary sulfonamides is 1. The van der Waals surface area contributed by atoms with Gasteiger partial charge in [0.2, 0.25) is 10.0 Å². The van der Waals surface area contributed by atoms with Gasteiger partial charge in [-0.05, 0) is 28.1 Å². The Kier molecular flexibility index (Phi) is 3.57. The summed E-state index contributed by atoms with van der Waals surface area (Å²) in [6, 6.07) is 3.06. The number of nitrogens with two attached hydrogens (primary N) is 1. The average Bonchev–Trinajstić information content (AvgIpc) is 2.01. The molecule has 0 aliphatic rings. The van der Waals surface area contributed by atoms with Crippen molar-refractivity contribution in [3.05, 3.63) is 21.1 Å². The van der Waals surface area contributed by atoms with E-state index in [1.54, 1.807) is 6.07 Å². The van der Waals surface area contributed by atoms with Gasteiger partial charge in [-0.15, -0.1) is 0 Å². The summed E-state index contributed by atoms with van der Waals surface area (Å²) in [6.07, 6.45) is 0. The first-order chi connectivity index (χ1) is 6.36. The van der Waals surface area contributed by atoms with Crippen LogP contribution in [0.3, 0.4) is 0 Å². The number of rotatable bonds is 2. The van der Waals surface area contributed by atoms with E-state index in [-0.39, 0.29) is 10.6 Å². The van der Waals surface area contributed by atoms with Crippen LogP contribution in [0.15, 0.2) is 26.0 Å². The Morgan fingerprint density at radius 2 is 1.93 bits per heavy atom. The molecule has 1 aromatic carbocycles. The van der Waals surface area contributed by atoms with Gasteiger partial charge >= 0.3 is 0 Å².